The van der Waals surface area contributed by atoms with Gasteiger partial charge < -0.3 is 9.64 Å². The summed E-state index contributed by atoms with van der Waals surface area (Å²) < 4.78 is 33.3. The molecule has 176 valence electrons. The molecule has 3 aromatic rings. The Bertz CT molecular complexity index is 1290. The molecule has 2 aliphatic heterocycles. The lowest BCUT2D eigenvalue weighted by molar-refractivity contribution is 0.398. The molecular weight excluding hydrogens is 448 g/mol. The molecule has 5 rings (SSSR count). The van der Waals surface area contributed by atoms with Crippen molar-refractivity contribution in [3.05, 3.63) is 72.3 Å². The molecule has 0 aliphatic carbocycles. The van der Waals surface area contributed by atoms with Gasteiger partial charge in [0.1, 0.15) is 10.6 Å². The zero-order valence-electron chi connectivity index (χ0n) is 19.2. The van der Waals surface area contributed by atoms with Crippen LogP contribution in [0.15, 0.2) is 71.6 Å². The number of aromatic nitrogens is 2. The highest BCUT2D eigenvalue weighted by atomic mass is 32.2. The largest absolute Gasteiger partial charge is 0.495 e. The number of benzene rings is 2. The number of ether oxygens (including phenoxy) is 1. The Morgan fingerprint density at radius 1 is 0.882 bits per heavy atom. The van der Waals surface area contributed by atoms with Crippen LogP contribution in [-0.4, -0.2) is 56.2 Å². The molecule has 8 heteroatoms. The van der Waals surface area contributed by atoms with Gasteiger partial charge in [-0.2, -0.15) is 4.31 Å². The minimum absolute atomic E-state index is 0.176. The molecule has 34 heavy (non-hydrogen) atoms. The molecule has 0 unspecified atom stereocenters. The van der Waals surface area contributed by atoms with Crippen LogP contribution in [-0.2, 0) is 10.0 Å². The standard InChI is InChI=1S/C26H28N4O3S/c1-33-24-11-9-22(19-25(24)34(31,32)30-15-5-6-16-30)23-10-12-26(28-27-23)29-17-13-21(14-18-29)20-7-3-2-4-8-20/h2-4,7-13,19H,5-6,14-18H2,1H3. The average molecular weight is 477 g/mol. The molecule has 0 spiro atoms. The minimum Gasteiger partial charge on any atom is -0.495 e. The number of hydrogen-bond acceptors (Lipinski definition) is 6. The van der Waals surface area contributed by atoms with Crippen molar-refractivity contribution in [2.75, 3.05) is 38.2 Å². The van der Waals surface area contributed by atoms with Crippen LogP contribution in [0.4, 0.5) is 5.82 Å². The Morgan fingerprint density at radius 2 is 1.68 bits per heavy atom. The second-order valence-corrected chi connectivity index (χ2v) is 10.5. The third-order valence-electron chi connectivity index (χ3n) is 6.47. The summed E-state index contributed by atoms with van der Waals surface area (Å²) in [6.45, 7) is 2.73. The highest BCUT2D eigenvalue weighted by Crippen LogP contribution is 2.33. The molecule has 1 aromatic heterocycles. The summed E-state index contributed by atoms with van der Waals surface area (Å²) >= 11 is 0. The van der Waals surface area contributed by atoms with Gasteiger partial charge in [-0.15, -0.1) is 10.2 Å². The van der Waals surface area contributed by atoms with Crippen molar-refractivity contribution < 1.29 is 13.2 Å². The summed E-state index contributed by atoms with van der Waals surface area (Å²) in [6.07, 6.45) is 4.95. The molecule has 7 nitrogen and oxygen atoms in total. The van der Waals surface area contributed by atoms with Gasteiger partial charge in [0.2, 0.25) is 10.0 Å². The van der Waals surface area contributed by atoms with Crippen LogP contribution in [0.2, 0.25) is 0 Å². The summed E-state index contributed by atoms with van der Waals surface area (Å²) in [7, 11) is -2.13. The third-order valence-corrected chi connectivity index (χ3v) is 8.39. The predicted molar refractivity (Wildman–Crippen MR) is 133 cm³/mol. The van der Waals surface area contributed by atoms with Gasteiger partial charge >= 0.3 is 0 Å². The van der Waals surface area contributed by atoms with E-state index in [4.69, 9.17) is 4.74 Å². The van der Waals surface area contributed by atoms with Crippen LogP contribution in [0.5, 0.6) is 5.75 Å². The monoisotopic (exact) mass is 476 g/mol. The Labute approximate surface area is 200 Å². The maximum atomic E-state index is 13.2. The second kappa shape index (κ2) is 9.56. The van der Waals surface area contributed by atoms with Crippen LogP contribution in [0.25, 0.3) is 16.8 Å². The fraction of sp³-hybridized carbons (Fsp3) is 0.308. The fourth-order valence-corrected chi connectivity index (χ4v) is 6.24. The van der Waals surface area contributed by atoms with Gasteiger partial charge in [-0.1, -0.05) is 36.4 Å². The van der Waals surface area contributed by atoms with Gasteiger partial charge in [0, 0.05) is 31.7 Å². The van der Waals surface area contributed by atoms with Crippen molar-refractivity contribution >= 4 is 21.4 Å². The third kappa shape index (κ3) is 4.43. The molecule has 3 heterocycles. The lowest BCUT2D eigenvalue weighted by Crippen LogP contribution is -2.29. The van der Waals surface area contributed by atoms with Gasteiger partial charge in [0.15, 0.2) is 5.82 Å². The number of rotatable bonds is 6. The molecule has 0 atom stereocenters. The number of nitrogens with zero attached hydrogens (tertiary/aromatic N) is 4. The highest BCUT2D eigenvalue weighted by molar-refractivity contribution is 7.89. The maximum Gasteiger partial charge on any atom is 0.246 e. The summed E-state index contributed by atoms with van der Waals surface area (Å²) in [5.41, 5.74) is 3.94. The van der Waals surface area contributed by atoms with E-state index >= 15 is 0 Å². The molecule has 0 saturated carbocycles. The SMILES string of the molecule is COc1ccc(-c2ccc(N3CC=C(c4ccccc4)CC3)nn2)cc1S(=O)(=O)N1CCCC1. The van der Waals surface area contributed by atoms with Crippen LogP contribution >= 0.6 is 0 Å². The molecule has 1 saturated heterocycles. The smallest absolute Gasteiger partial charge is 0.246 e. The normalized spacial score (nSPS) is 17.0. The first kappa shape index (κ1) is 22.6. The van der Waals surface area contributed by atoms with Crippen molar-refractivity contribution in [3.63, 3.8) is 0 Å². The highest BCUT2D eigenvalue weighted by Gasteiger charge is 2.30. The van der Waals surface area contributed by atoms with E-state index in [1.807, 2.05) is 24.3 Å². The van der Waals surface area contributed by atoms with E-state index in [0.29, 0.717) is 30.1 Å². The molecule has 2 aliphatic rings. The molecule has 0 N–H and O–H groups in total. The van der Waals surface area contributed by atoms with Gasteiger partial charge in [0.25, 0.3) is 0 Å². The quantitative estimate of drug-likeness (QED) is 0.530. The summed E-state index contributed by atoms with van der Waals surface area (Å²) in [4.78, 5) is 2.37. The number of methoxy groups -OCH3 is 1. The van der Waals surface area contributed by atoms with Crippen molar-refractivity contribution in [3.8, 4) is 17.0 Å². The van der Waals surface area contributed by atoms with Gasteiger partial charge in [-0.25, -0.2) is 8.42 Å². The Balaban J connectivity index is 1.36. The minimum atomic E-state index is -3.62. The van der Waals surface area contributed by atoms with E-state index < -0.39 is 10.0 Å². The van der Waals surface area contributed by atoms with Crippen molar-refractivity contribution in [2.24, 2.45) is 0 Å². The summed E-state index contributed by atoms with van der Waals surface area (Å²) in [5, 5.41) is 8.86. The summed E-state index contributed by atoms with van der Waals surface area (Å²) in [5.74, 6) is 1.15. The van der Waals surface area contributed by atoms with Crippen LogP contribution in [0, 0.1) is 0 Å². The lowest BCUT2D eigenvalue weighted by Gasteiger charge is -2.27. The topological polar surface area (TPSA) is 75.6 Å². The zero-order valence-corrected chi connectivity index (χ0v) is 20.0. The maximum absolute atomic E-state index is 13.2. The first-order valence-electron chi connectivity index (χ1n) is 11.6. The number of anilines is 1. The van der Waals surface area contributed by atoms with Gasteiger partial charge in [0.05, 0.1) is 12.8 Å². The van der Waals surface area contributed by atoms with Crippen molar-refractivity contribution in [1.82, 2.24) is 14.5 Å². The van der Waals surface area contributed by atoms with Crippen molar-refractivity contribution in [1.29, 1.82) is 0 Å². The molecular formula is C26H28N4O3S. The van der Waals surface area contributed by atoms with E-state index in [1.54, 1.807) is 12.1 Å². The lowest BCUT2D eigenvalue weighted by atomic mass is 10.00. The van der Waals surface area contributed by atoms with E-state index in [2.05, 4.69) is 45.4 Å². The number of sulfonamides is 1. The van der Waals surface area contributed by atoms with Gasteiger partial charge in [-0.3, -0.25) is 0 Å². The van der Waals surface area contributed by atoms with E-state index in [9.17, 15) is 8.42 Å². The molecule has 0 amide bonds. The number of hydrogen-bond donors (Lipinski definition) is 0. The molecule has 0 radical (unpaired) electrons. The second-order valence-electron chi connectivity index (χ2n) is 8.55. The van der Waals surface area contributed by atoms with E-state index in [1.165, 1.54) is 22.6 Å². The van der Waals surface area contributed by atoms with Crippen molar-refractivity contribution in [2.45, 2.75) is 24.2 Å². The van der Waals surface area contributed by atoms with E-state index in [-0.39, 0.29) is 4.90 Å². The predicted octanol–water partition coefficient (Wildman–Crippen LogP) is 4.23. The Kier molecular flexibility index (Phi) is 6.34. The Hall–Kier alpha value is -3.23. The average Bonchev–Trinajstić information content (AvgIpc) is 3.45. The van der Waals surface area contributed by atoms with Gasteiger partial charge in [-0.05, 0) is 60.7 Å². The molecule has 1 fully saturated rings. The summed E-state index contributed by atoms with van der Waals surface area (Å²) in [6, 6.07) is 19.4. The van der Waals surface area contributed by atoms with Crippen LogP contribution in [0.3, 0.4) is 0 Å². The van der Waals surface area contributed by atoms with E-state index in [0.717, 1.165) is 38.2 Å². The fourth-order valence-electron chi connectivity index (χ4n) is 4.54. The Morgan fingerprint density at radius 3 is 2.32 bits per heavy atom. The molecule has 2 aromatic carbocycles. The first-order chi connectivity index (χ1) is 16.6. The zero-order chi connectivity index (χ0) is 23.5. The molecule has 0 bridgehead atoms. The van der Waals surface area contributed by atoms with Crippen LogP contribution < -0.4 is 9.64 Å². The first-order valence-corrected chi connectivity index (χ1v) is 13.0. The van der Waals surface area contributed by atoms with Crippen LogP contribution in [0.1, 0.15) is 24.8 Å².